The van der Waals surface area contributed by atoms with E-state index in [4.69, 9.17) is 9.29 Å². The quantitative estimate of drug-likeness (QED) is 0.434. The van der Waals surface area contributed by atoms with Crippen LogP contribution in [0.3, 0.4) is 0 Å². The number of alkyl halides is 2. The fourth-order valence-corrected chi connectivity index (χ4v) is 2.36. The SMILES string of the molecule is C=C(COCC(F)(F)S(=O)(=O)O)C(=O)OC1(C)CCCCC1. The molecule has 0 heterocycles. The summed E-state index contributed by atoms with van der Waals surface area (Å²) in [5, 5.41) is -4.44. The van der Waals surface area contributed by atoms with Gasteiger partial charge in [0.2, 0.25) is 0 Å². The van der Waals surface area contributed by atoms with Crippen molar-refractivity contribution in [1.29, 1.82) is 0 Å². The largest absolute Gasteiger partial charge is 0.456 e. The van der Waals surface area contributed by atoms with Gasteiger partial charge in [0.1, 0.15) is 12.2 Å². The van der Waals surface area contributed by atoms with E-state index in [0.29, 0.717) is 12.8 Å². The minimum atomic E-state index is -5.56. The third kappa shape index (κ3) is 5.29. The number of rotatable bonds is 7. The molecule has 0 amide bonds. The molecule has 0 aliphatic heterocycles. The van der Waals surface area contributed by atoms with E-state index in [1.54, 1.807) is 6.92 Å². The number of ether oxygens (including phenoxy) is 2. The molecule has 0 bridgehead atoms. The Hall–Kier alpha value is -1.06. The van der Waals surface area contributed by atoms with E-state index in [1.165, 1.54) is 0 Å². The van der Waals surface area contributed by atoms with Crippen molar-refractivity contribution in [1.82, 2.24) is 0 Å². The van der Waals surface area contributed by atoms with Gasteiger partial charge in [-0.3, -0.25) is 4.55 Å². The van der Waals surface area contributed by atoms with E-state index >= 15 is 0 Å². The summed E-state index contributed by atoms with van der Waals surface area (Å²) in [7, 11) is -5.56. The van der Waals surface area contributed by atoms with Crippen molar-refractivity contribution in [3.63, 3.8) is 0 Å². The molecule has 0 saturated heterocycles. The standard InChI is InChI=1S/C13H20F2O6S/c1-10(8-20-9-13(14,15)22(17,18)19)11(16)21-12(2)6-4-3-5-7-12/h1,3-9H2,2H3,(H,17,18,19). The Morgan fingerprint density at radius 1 is 1.32 bits per heavy atom. The van der Waals surface area contributed by atoms with Crippen LogP contribution in [-0.4, -0.2) is 43.0 Å². The first-order valence-electron chi connectivity index (χ1n) is 6.81. The van der Waals surface area contributed by atoms with Crippen LogP contribution in [0.4, 0.5) is 8.78 Å². The van der Waals surface area contributed by atoms with Gasteiger partial charge in [0.05, 0.1) is 12.2 Å². The van der Waals surface area contributed by atoms with Crippen molar-refractivity contribution in [2.24, 2.45) is 0 Å². The number of carbonyl (C=O) groups is 1. The summed E-state index contributed by atoms with van der Waals surface area (Å²) < 4.78 is 64.6. The van der Waals surface area contributed by atoms with Gasteiger partial charge in [0, 0.05) is 0 Å². The maximum absolute atomic E-state index is 12.9. The third-order valence-electron chi connectivity index (χ3n) is 3.46. The van der Waals surface area contributed by atoms with Crippen molar-refractivity contribution in [2.75, 3.05) is 13.2 Å². The van der Waals surface area contributed by atoms with Gasteiger partial charge in [-0.2, -0.15) is 17.2 Å². The summed E-state index contributed by atoms with van der Waals surface area (Å²) in [6, 6.07) is 0. The third-order valence-corrected chi connectivity index (χ3v) is 4.34. The highest BCUT2D eigenvalue weighted by atomic mass is 32.2. The zero-order valence-corrected chi connectivity index (χ0v) is 13.1. The molecule has 1 aliphatic rings. The summed E-state index contributed by atoms with van der Waals surface area (Å²) in [6.45, 7) is 2.99. The molecule has 0 aromatic heterocycles. The fourth-order valence-electron chi connectivity index (χ4n) is 2.12. The molecule has 22 heavy (non-hydrogen) atoms. The van der Waals surface area contributed by atoms with Crippen molar-refractivity contribution in [3.05, 3.63) is 12.2 Å². The Morgan fingerprint density at radius 3 is 2.36 bits per heavy atom. The van der Waals surface area contributed by atoms with Gasteiger partial charge in [0.15, 0.2) is 0 Å². The molecular weight excluding hydrogens is 322 g/mol. The number of esters is 1. The average molecular weight is 342 g/mol. The number of carbonyl (C=O) groups excluding carboxylic acids is 1. The average Bonchev–Trinajstić information content (AvgIpc) is 2.37. The molecule has 9 heteroatoms. The number of hydrogen-bond donors (Lipinski definition) is 1. The van der Waals surface area contributed by atoms with Gasteiger partial charge in [-0.05, 0) is 32.6 Å². The predicted octanol–water partition coefficient (Wildman–Crippen LogP) is 2.31. The molecule has 1 N–H and O–H groups in total. The molecule has 0 spiro atoms. The lowest BCUT2D eigenvalue weighted by atomic mass is 9.86. The second-order valence-corrected chi connectivity index (χ2v) is 7.16. The number of halogens is 2. The Labute approximate surface area is 128 Å². The summed E-state index contributed by atoms with van der Waals surface area (Å²) in [5.41, 5.74) is -0.797. The predicted molar refractivity (Wildman–Crippen MR) is 74.0 cm³/mol. The molecule has 1 rings (SSSR count). The highest BCUT2D eigenvalue weighted by Gasteiger charge is 2.44. The van der Waals surface area contributed by atoms with Crippen LogP contribution in [0.5, 0.6) is 0 Å². The molecule has 1 aliphatic carbocycles. The smallest absolute Gasteiger partial charge is 0.392 e. The van der Waals surface area contributed by atoms with Gasteiger partial charge in [-0.15, -0.1) is 0 Å². The molecule has 0 radical (unpaired) electrons. The van der Waals surface area contributed by atoms with Crippen LogP contribution in [0.2, 0.25) is 0 Å². The maximum atomic E-state index is 12.9. The molecule has 1 saturated carbocycles. The molecule has 1 fully saturated rings. The Kier molecular flexibility index (Phi) is 6.05. The topological polar surface area (TPSA) is 89.9 Å². The van der Waals surface area contributed by atoms with Gasteiger partial charge >= 0.3 is 21.3 Å². The molecule has 0 aromatic carbocycles. The lowest BCUT2D eigenvalue weighted by Crippen LogP contribution is -2.36. The molecule has 128 valence electrons. The lowest BCUT2D eigenvalue weighted by Gasteiger charge is -2.33. The van der Waals surface area contributed by atoms with E-state index in [-0.39, 0.29) is 5.57 Å². The Balaban J connectivity index is 2.44. The van der Waals surface area contributed by atoms with Gasteiger partial charge in [0.25, 0.3) is 0 Å². The van der Waals surface area contributed by atoms with E-state index in [9.17, 15) is 22.0 Å². The van der Waals surface area contributed by atoms with Crippen molar-refractivity contribution < 1.29 is 36.0 Å². The molecule has 0 atom stereocenters. The summed E-state index contributed by atoms with van der Waals surface area (Å²) in [4.78, 5) is 11.8. The van der Waals surface area contributed by atoms with Crippen molar-refractivity contribution in [2.45, 2.75) is 49.9 Å². The summed E-state index contributed by atoms with van der Waals surface area (Å²) >= 11 is 0. The van der Waals surface area contributed by atoms with Gasteiger partial charge in [-0.25, -0.2) is 4.79 Å². The van der Waals surface area contributed by atoms with Crippen LogP contribution < -0.4 is 0 Å². The Morgan fingerprint density at radius 2 is 1.86 bits per heavy atom. The van der Waals surface area contributed by atoms with Crippen LogP contribution in [0.15, 0.2) is 12.2 Å². The Bertz CT molecular complexity index is 523. The van der Waals surface area contributed by atoms with E-state index in [1.807, 2.05) is 0 Å². The van der Waals surface area contributed by atoms with E-state index < -0.39 is 40.2 Å². The monoisotopic (exact) mass is 342 g/mol. The van der Waals surface area contributed by atoms with E-state index in [2.05, 4.69) is 11.3 Å². The fraction of sp³-hybridized carbons (Fsp3) is 0.769. The van der Waals surface area contributed by atoms with Crippen LogP contribution in [0.25, 0.3) is 0 Å². The van der Waals surface area contributed by atoms with Gasteiger partial charge < -0.3 is 9.47 Å². The van der Waals surface area contributed by atoms with E-state index in [0.717, 1.165) is 19.3 Å². The van der Waals surface area contributed by atoms with Crippen molar-refractivity contribution >= 4 is 16.1 Å². The van der Waals surface area contributed by atoms with Crippen molar-refractivity contribution in [3.8, 4) is 0 Å². The van der Waals surface area contributed by atoms with Crippen LogP contribution in [-0.2, 0) is 24.4 Å². The molecule has 0 aromatic rings. The molecule has 6 nitrogen and oxygen atoms in total. The maximum Gasteiger partial charge on any atom is 0.392 e. The second-order valence-electron chi connectivity index (χ2n) is 5.61. The minimum Gasteiger partial charge on any atom is -0.456 e. The van der Waals surface area contributed by atoms with Gasteiger partial charge in [-0.1, -0.05) is 13.0 Å². The molecular formula is C13H20F2O6S. The first-order chi connectivity index (χ1) is 9.97. The van der Waals surface area contributed by atoms with Crippen LogP contribution in [0.1, 0.15) is 39.0 Å². The minimum absolute atomic E-state index is 0.196. The number of hydrogen-bond acceptors (Lipinski definition) is 5. The summed E-state index contributed by atoms with van der Waals surface area (Å²) in [6.07, 6.45) is 4.38. The van der Waals surface area contributed by atoms with Crippen LogP contribution >= 0.6 is 0 Å². The zero-order valence-electron chi connectivity index (χ0n) is 12.3. The zero-order chi connectivity index (χ0) is 17.0. The normalized spacial score (nSPS) is 18.7. The van der Waals surface area contributed by atoms with Crippen LogP contribution in [0, 0.1) is 0 Å². The second kappa shape index (κ2) is 7.01. The highest BCUT2D eigenvalue weighted by Crippen LogP contribution is 2.31. The highest BCUT2D eigenvalue weighted by molar-refractivity contribution is 7.86. The summed E-state index contributed by atoms with van der Waals surface area (Å²) in [5.74, 6) is -0.764. The first kappa shape index (κ1) is 19.0. The first-order valence-corrected chi connectivity index (χ1v) is 8.25. The molecule has 0 unspecified atom stereocenters. The lowest BCUT2D eigenvalue weighted by molar-refractivity contribution is -0.157.